The largest absolute Gasteiger partial charge is 0.317 e. The van der Waals surface area contributed by atoms with Gasteiger partial charge in [-0.3, -0.25) is 0 Å². The minimum Gasteiger partial charge on any atom is -0.317 e. The molecule has 0 aromatic carbocycles. The summed E-state index contributed by atoms with van der Waals surface area (Å²) in [4.78, 5) is 2.32. The van der Waals surface area contributed by atoms with Crippen molar-refractivity contribution in [3.8, 4) is 0 Å². The average Bonchev–Trinajstić information content (AvgIpc) is 2.29. The van der Waals surface area contributed by atoms with Crippen LogP contribution >= 0.6 is 0 Å². The molecule has 0 radical (unpaired) electrons. The van der Waals surface area contributed by atoms with Crippen LogP contribution in [0.15, 0.2) is 0 Å². The third kappa shape index (κ3) is 12.1. The second-order valence-electron chi connectivity index (χ2n) is 5.12. The van der Waals surface area contributed by atoms with E-state index >= 15 is 0 Å². The number of hydrogen-bond acceptors (Lipinski definition) is 3. The van der Waals surface area contributed by atoms with Crippen molar-refractivity contribution in [3.63, 3.8) is 0 Å². The zero-order valence-electron chi connectivity index (χ0n) is 12.4. The third-order valence-electron chi connectivity index (χ3n) is 3.06. The summed E-state index contributed by atoms with van der Waals surface area (Å²) in [6.45, 7) is 10.1. The molecule has 3 heteroatoms. The molecule has 0 heterocycles. The van der Waals surface area contributed by atoms with Crippen molar-refractivity contribution in [2.24, 2.45) is 5.92 Å². The maximum atomic E-state index is 3.41. The van der Waals surface area contributed by atoms with Crippen LogP contribution in [0.2, 0.25) is 0 Å². The third-order valence-corrected chi connectivity index (χ3v) is 3.06. The molecule has 2 N–H and O–H groups in total. The Morgan fingerprint density at radius 3 is 1.71 bits per heavy atom. The molecule has 0 atom stereocenters. The second kappa shape index (κ2) is 12.3. The van der Waals surface area contributed by atoms with Gasteiger partial charge in [0, 0.05) is 6.54 Å². The fourth-order valence-electron chi connectivity index (χ4n) is 2.23. The molecule has 104 valence electrons. The first-order valence-corrected chi connectivity index (χ1v) is 7.26. The van der Waals surface area contributed by atoms with Crippen molar-refractivity contribution < 1.29 is 0 Å². The molecule has 0 saturated carbocycles. The van der Waals surface area contributed by atoms with Gasteiger partial charge in [-0.25, -0.2) is 0 Å². The fourth-order valence-corrected chi connectivity index (χ4v) is 2.23. The summed E-state index contributed by atoms with van der Waals surface area (Å²) in [6, 6.07) is 0. The average molecular weight is 243 g/mol. The van der Waals surface area contributed by atoms with Gasteiger partial charge < -0.3 is 15.5 Å². The summed E-state index contributed by atoms with van der Waals surface area (Å²) >= 11 is 0. The van der Waals surface area contributed by atoms with E-state index in [2.05, 4.69) is 43.5 Å². The lowest BCUT2D eigenvalue weighted by molar-refractivity contribution is 0.289. The quantitative estimate of drug-likeness (QED) is 0.513. The van der Waals surface area contributed by atoms with Gasteiger partial charge in [-0.15, -0.1) is 0 Å². The summed E-state index contributed by atoms with van der Waals surface area (Å²) in [5.41, 5.74) is 0. The van der Waals surface area contributed by atoms with Gasteiger partial charge in [0.15, 0.2) is 0 Å². The first kappa shape index (κ1) is 16.9. The molecular formula is C14H33N3. The van der Waals surface area contributed by atoms with E-state index < -0.39 is 0 Å². The Kier molecular flexibility index (Phi) is 12.3. The molecule has 0 saturated heterocycles. The molecule has 0 aromatic rings. The number of hydrogen-bond donors (Lipinski definition) is 2. The first-order chi connectivity index (χ1) is 8.20. The normalized spacial score (nSPS) is 11.6. The van der Waals surface area contributed by atoms with Crippen LogP contribution in [-0.2, 0) is 0 Å². The molecule has 0 unspecified atom stereocenters. The minimum absolute atomic E-state index is 0.863. The molecule has 0 fully saturated rings. The van der Waals surface area contributed by atoms with Gasteiger partial charge in [0.05, 0.1) is 0 Å². The lowest BCUT2D eigenvalue weighted by Crippen LogP contribution is -2.24. The standard InChI is InChI=1S/C14H33N3/c1-5-15-11-7-9-14(13-17(3)4)10-8-12-16-6-2/h14-16H,5-13H2,1-4H3. The maximum absolute atomic E-state index is 3.41. The Hall–Kier alpha value is -0.120. The number of nitrogens with zero attached hydrogens (tertiary/aromatic N) is 1. The second-order valence-corrected chi connectivity index (χ2v) is 5.12. The van der Waals surface area contributed by atoms with Crippen molar-refractivity contribution >= 4 is 0 Å². The Morgan fingerprint density at radius 2 is 1.35 bits per heavy atom. The van der Waals surface area contributed by atoms with Gasteiger partial charge >= 0.3 is 0 Å². The molecule has 0 aliphatic carbocycles. The Morgan fingerprint density at radius 1 is 0.882 bits per heavy atom. The topological polar surface area (TPSA) is 27.3 Å². The van der Waals surface area contributed by atoms with Crippen LogP contribution in [0.25, 0.3) is 0 Å². The van der Waals surface area contributed by atoms with E-state index in [9.17, 15) is 0 Å². The SMILES string of the molecule is CCNCCCC(CCCNCC)CN(C)C. The fraction of sp³-hybridized carbons (Fsp3) is 1.00. The van der Waals surface area contributed by atoms with Crippen LogP contribution in [0, 0.1) is 5.92 Å². The van der Waals surface area contributed by atoms with E-state index in [-0.39, 0.29) is 0 Å². The molecule has 0 aliphatic heterocycles. The molecule has 0 spiro atoms. The van der Waals surface area contributed by atoms with E-state index in [1.807, 2.05) is 0 Å². The number of rotatable bonds is 12. The van der Waals surface area contributed by atoms with Crippen molar-refractivity contribution in [1.29, 1.82) is 0 Å². The molecule has 0 aliphatic rings. The van der Waals surface area contributed by atoms with Crippen LogP contribution in [0.3, 0.4) is 0 Å². The van der Waals surface area contributed by atoms with Crippen molar-refractivity contribution in [1.82, 2.24) is 15.5 Å². The zero-order valence-corrected chi connectivity index (χ0v) is 12.4. The molecule has 17 heavy (non-hydrogen) atoms. The molecule has 0 rings (SSSR count). The predicted molar refractivity (Wildman–Crippen MR) is 77.6 cm³/mol. The van der Waals surface area contributed by atoms with Gasteiger partial charge in [0.2, 0.25) is 0 Å². The minimum atomic E-state index is 0.863. The van der Waals surface area contributed by atoms with E-state index in [1.54, 1.807) is 0 Å². The smallest absolute Gasteiger partial charge is 0.000357 e. The van der Waals surface area contributed by atoms with Crippen LogP contribution in [0.4, 0.5) is 0 Å². The Balaban J connectivity index is 3.64. The van der Waals surface area contributed by atoms with Crippen molar-refractivity contribution in [2.75, 3.05) is 46.8 Å². The van der Waals surface area contributed by atoms with Crippen LogP contribution in [0.5, 0.6) is 0 Å². The lowest BCUT2D eigenvalue weighted by Gasteiger charge is -2.21. The van der Waals surface area contributed by atoms with Crippen molar-refractivity contribution in [2.45, 2.75) is 39.5 Å². The summed E-state index contributed by atoms with van der Waals surface area (Å²) < 4.78 is 0. The summed E-state index contributed by atoms with van der Waals surface area (Å²) in [5.74, 6) is 0.863. The number of nitrogens with one attached hydrogen (secondary N) is 2. The van der Waals surface area contributed by atoms with E-state index in [0.29, 0.717) is 0 Å². The summed E-state index contributed by atoms with van der Waals surface area (Å²) in [6.07, 6.45) is 5.34. The zero-order chi connectivity index (χ0) is 12.9. The van der Waals surface area contributed by atoms with E-state index in [4.69, 9.17) is 0 Å². The van der Waals surface area contributed by atoms with Gasteiger partial charge in [0.1, 0.15) is 0 Å². The van der Waals surface area contributed by atoms with Gasteiger partial charge in [-0.1, -0.05) is 13.8 Å². The highest BCUT2D eigenvalue weighted by Gasteiger charge is 2.09. The van der Waals surface area contributed by atoms with Crippen LogP contribution in [-0.4, -0.2) is 51.7 Å². The van der Waals surface area contributed by atoms with Crippen LogP contribution in [0.1, 0.15) is 39.5 Å². The summed E-state index contributed by atoms with van der Waals surface area (Å²) in [5, 5.41) is 6.81. The first-order valence-electron chi connectivity index (χ1n) is 7.26. The van der Waals surface area contributed by atoms with E-state index in [0.717, 1.165) is 19.0 Å². The Bertz CT molecular complexity index is 136. The van der Waals surface area contributed by atoms with Gasteiger partial charge in [0.25, 0.3) is 0 Å². The van der Waals surface area contributed by atoms with Gasteiger partial charge in [-0.2, -0.15) is 0 Å². The Labute approximate surface area is 108 Å². The molecule has 0 bridgehead atoms. The maximum Gasteiger partial charge on any atom is 0.000357 e. The highest BCUT2D eigenvalue weighted by Crippen LogP contribution is 2.14. The van der Waals surface area contributed by atoms with Crippen molar-refractivity contribution in [3.05, 3.63) is 0 Å². The highest BCUT2D eigenvalue weighted by molar-refractivity contribution is 4.64. The summed E-state index contributed by atoms with van der Waals surface area (Å²) in [7, 11) is 4.36. The van der Waals surface area contributed by atoms with Gasteiger partial charge in [-0.05, 0) is 71.9 Å². The van der Waals surface area contributed by atoms with E-state index in [1.165, 1.54) is 45.3 Å². The molecule has 0 amide bonds. The predicted octanol–water partition coefficient (Wildman–Crippen LogP) is 1.94. The monoisotopic (exact) mass is 243 g/mol. The lowest BCUT2D eigenvalue weighted by atomic mass is 9.97. The molecular weight excluding hydrogens is 210 g/mol. The van der Waals surface area contributed by atoms with Crippen LogP contribution < -0.4 is 10.6 Å². The highest BCUT2D eigenvalue weighted by atomic mass is 15.1. The molecule has 0 aromatic heterocycles. The molecule has 3 nitrogen and oxygen atoms in total.